The van der Waals surface area contributed by atoms with Gasteiger partial charge in [-0.2, -0.15) is 0 Å². The highest BCUT2D eigenvalue weighted by Gasteiger charge is 2.43. The summed E-state index contributed by atoms with van der Waals surface area (Å²) >= 11 is 0.224. The Morgan fingerprint density at radius 3 is 2.15 bits per heavy atom. The summed E-state index contributed by atoms with van der Waals surface area (Å²) in [5.41, 5.74) is -1.05. The molecule has 0 spiro atoms. The van der Waals surface area contributed by atoms with E-state index >= 15 is 0 Å². The number of ether oxygens (including phenoxy) is 1. The number of rotatable bonds is 2. The number of hydrogen-bond acceptors (Lipinski definition) is 7. The maximum absolute atomic E-state index is 9.24. The first kappa shape index (κ1) is 11.2. The van der Waals surface area contributed by atoms with Gasteiger partial charge in [0.15, 0.2) is 5.44 Å². The molecule has 13 heavy (non-hydrogen) atoms. The molecule has 6 nitrogen and oxygen atoms in total. The molecule has 1 fully saturated rings. The molecular weight excluding hydrogens is 200 g/mol. The minimum absolute atomic E-state index is 0.224. The van der Waals surface area contributed by atoms with Gasteiger partial charge in [0.2, 0.25) is 0 Å². The molecule has 0 bridgehead atoms. The first-order chi connectivity index (χ1) is 6.11. The Morgan fingerprint density at radius 2 is 1.69 bits per heavy atom. The van der Waals surface area contributed by atoms with Crippen LogP contribution in [0.2, 0.25) is 0 Å². The van der Waals surface area contributed by atoms with Crippen LogP contribution in [0, 0.1) is 0 Å². The van der Waals surface area contributed by atoms with E-state index < -0.39 is 36.5 Å². The Kier molecular flexibility index (Phi) is 3.92. The molecule has 0 saturated carbocycles. The van der Waals surface area contributed by atoms with Gasteiger partial charge in [0.25, 0.3) is 0 Å². The zero-order valence-electron chi connectivity index (χ0n) is 6.65. The highest BCUT2D eigenvalue weighted by molar-refractivity contribution is 7.94. The number of aliphatic hydroxyl groups is 4. The van der Waals surface area contributed by atoms with Gasteiger partial charge in [-0.3, -0.25) is 0 Å². The predicted molar refractivity (Wildman–Crippen MR) is 44.0 cm³/mol. The van der Waals surface area contributed by atoms with E-state index in [1.54, 1.807) is 0 Å². The van der Waals surface area contributed by atoms with Crippen LogP contribution in [0.25, 0.3) is 0 Å². The standard InChI is InChI=1S/C6H12O6S/c7-1-2-3(8)4(9)5(10)6(12-2)13-11/h2-11H,1H2. The van der Waals surface area contributed by atoms with Crippen molar-refractivity contribution in [1.29, 1.82) is 0 Å². The molecule has 0 radical (unpaired) electrons. The highest BCUT2D eigenvalue weighted by Crippen LogP contribution is 2.26. The van der Waals surface area contributed by atoms with Gasteiger partial charge in [-0.05, 0) is 0 Å². The maximum Gasteiger partial charge on any atom is 0.157 e. The van der Waals surface area contributed by atoms with Crippen molar-refractivity contribution in [2.75, 3.05) is 6.61 Å². The summed E-state index contributed by atoms with van der Waals surface area (Å²) < 4.78 is 13.5. The maximum atomic E-state index is 9.24. The summed E-state index contributed by atoms with van der Waals surface area (Å²) in [6.45, 7) is -0.484. The van der Waals surface area contributed by atoms with Crippen LogP contribution < -0.4 is 0 Å². The van der Waals surface area contributed by atoms with Crippen molar-refractivity contribution in [3.63, 3.8) is 0 Å². The van der Waals surface area contributed by atoms with E-state index in [0.717, 1.165) is 0 Å². The van der Waals surface area contributed by atoms with E-state index in [9.17, 15) is 15.3 Å². The summed E-state index contributed by atoms with van der Waals surface area (Å²) in [5, 5.41) is 36.4. The Bertz CT molecular complexity index is 147. The molecule has 0 aliphatic carbocycles. The SMILES string of the molecule is OCC1OC(SO)C(O)C(O)C1O. The van der Waals surface area contributed by atoms with E-state index in [1.807, 2.05) is 0 Å². The van der Waals surface area contributed by atoms with Crippen LogP contribution in [0.1, 0.15) is 0 Å². The molecule has 1 aliphatic rings. The van der Waals surface area contributed by atoms with Crippen molar-refractivity contribution in [1.82, 2.24) is 0 Å². The van der Waals surface area contributed by atoms with Crippen molar-refractivity contribution in [3.05, 3.63) is 0 Å². The van der Waals surface area contributed by atoms with E-state index in [2.05, 4.69) is 0 Å². The molecule has 1 aliphatic heterocycles. The van der Waals surface area contributed by atoms with Crippen molar-refractivity contribution in [3.8, 4) is 0 Å². The fourth-order valence-electron chi connectivity index (χ4n) is 1.15. The molecule has 1 heterocycles. The van der Waals surface area contributed by atoms with Gasteiger partial charge >= 0.3 is 0 Å². The minimum atomic E-state index is -1.42. The van der Waals surface area contributed by atoms with Crippen LogP contribution in [-0.2, 0) is 4.74 Å². The van der Waals surface area contributed by atoms with Gasteiger partial charge in [0, 0.05) is 12.0 Å². The van der Waals surface area contributed by atoms with Crippen molar-refractivity contribution < 1.29 is 29.7 Å². The van der Waals surface area contributed by atoms with E-state index in [-0.39, 0.29) is 12.0 Å². The topological polar surface area (TPSA) is 110 Å². The Hall–Kier alpha value is 0.110. The van der Waals surface area contributed by atoms with Gasteiger partial charge in [-0.15, -0.1) is 0 Å². The molecule has 7 heteroatoms. The zero-order valence-corrected chi connectivity index (χ0v) is 7.46. The largest absolute Gasteiger partial charge is 0.394 e. The summed E-state index contributed by atoms with van der Waals surface area (Å²) in [5.74, 6) is 0. The van der Waals surface area contributed by atoms with Gasteiger partial charge in [-0.25, -0.2) is 0 Å². The predicted octanol–water partition coefficient (Wildman–Crippen LogP) is -2.01. The van der Waals surface area contributed by atoms with Crippen LogP contribution in [0.5, 0.6) is 0 Å². The first-order valence-electron chi connectivity index (χ1n) is 3.72. The molecule has 1 rings (SSSR count). The smallest absolute Gasteiger partial charge is 0.157 e. The second-order valence-electron chi connectivity index (χ2n) is 2.80. The Labute approximate surface area is 79.0 Å². The van der Waals surface area contributed by atoms with Gasteiger partial charge in [0.1, 0.15) is 24.4 Å². The average Bonchev–Trinajstić information content (AvgIpc) is 2.15. The van der Waals surface area contributed by atoms with Gasteiger partial charge in [-0.1, -0.05) is 0 Å². The lowest BCUT2D eigenvalue weighted by Crippen LogP contribution is -2.57. The first-order valence-corrected chi connectivity index (χ1v) is 4.56. The molecular formula is C6H12O6S. The third kappa shape index (κ3) is 2.13. The lowest BCUT2D eigenvalue weighted by atomic mass is 10.0. The van der Waals surface area contributed by atoms with Gasteiger partial charge < -0.3 is 29.7 Å². The van der Waals surface area contributed by atoms with E-state index in [4.69, 9.17) is 14.4 Å². The zero-order chi connectivity index (χ0) is 10.0. The molecule has 0 aromatic rings. The quantitative estimate of drug-likeness (QED) is 0.336. The van der Waals surface area contributed by atoms with Crippen molar-refractivity contribution in [2.24, 2.45) is 0 Å². The third-order valence-electron chi connectivity index (χ3n) is 1.95. The summed E-state index contributed by atoms with van der Waals surface area (Å²) in [4.78, 5) is 0. The monoisotopic (exact) mass is 212 g/mol. The lowest BCUT2D eigenvalue weighted by Gasteiger charge is -2.38. The van der Waals surface area contributed by atoms with Crippen LogP contribution in [0.4, 0.5) is 0 Å². The van der Waals surface area contributed by atoms with Crippen LogP contribution >= 0.6 is 12.0 Å². The Morgan fingerprint density at radius 1 is 1.08 bits per heavy atom. The lowest BCUT2D eigenvalue weighted by molar-refractivity contribution is -0.206. The number of hydrogen-bond donors (Lipinski definition) is 5. The molecule has 1 saturated heterocycles. The normalized spacial score (nSPS) is 46.4. The van der Waals surface area contributed by atoms with Gasteiger partial charge in [0.05, 0.1) is 6.61 Å². The van der Waals surface area contributed by atoms with Crippen LogP contribution in [0.3, 0.4) is 0 Å². The number of aliphatic hydroxyl groups excluding tert-OH is 4. The highest BCUT2D eigenvalue weighted by atomic mass is 32.2. The summed E-state index contributed by atoms with van der Waals surface area (Å²) in [6.07, 6.45) is -5.12. The van der Waals surface area contributed by atoms with Crippen LogP contribution in [-0.4, -0.2) is 61.4 Å². The fraction of sp³-hybridized carbons (Fsp3) is 1.00. The second kappa shape index (κ2) is 4.56. The molecule has 0 aromatic carbocycles. The molecule has 78 valence electrons. The fourth-order valence-corrected chi connectivity index (χ4v) is 1.63. The average molecular weight is 212 g/mol. The Balaban J connectivity index is 2.66. The molecule has 5 N–H and O–H groups in total. The molecule has 5 unspecified atom stereocenters. The van der Waals surface area contributed by atoms with Crippen molar-refractivity contribution >= 4 is 12.0 Å². The molecule has 5 atom stereocenters. The van der Waals surface area contributed by atoms with Crippen LogP contribution in [0.15, 0.2) is 0 Å². The van der Waals surface area contributed by atoms with E-state index in [0.29, 0.717) is 0 Å². The second-order valence-corrected chi connectivity index (χ2v) is 3.48. The molecule has 0 aromatic heterocycles. The minimum Gasteiger partial charge on any atom is -0.394 e. The third-order valence-corrected chi connectivity index (χ3v) is 2.55. The van der Waals surface area contributed by atoms with E-state index in [1.165, 1.54) is 0 Å². The van der Waals surface area contributed by atoms with Crippen molar-refractivity contribution in [2.45, 2.75) is 29.9 Å². The molecule has 0 amide bonds. The summed E-state index contributed by atoms with van der Waals surface area (Å²) in [7, 11) is 0. The summed E-state index contributed by atoms with van der Waals surface area (Å²) in [6, 6.07) is 0.